The zero-order chi connectivity index (χ0) is 18.4. The molecule has 0 fully saturated rings. The molecule has 2 aromatic carbocycles. The Labute approximate surface area is 152 Å². The van der Waals surface area contributed by atoms with E-state index >= 15 is 0 Å². The van der Waals surface area contributed by atoms with Crippen LogP contribution in [-0.4, -0.2) is 16.5 Å². The van der Waals surface area contributed by atoms with Crippen LogP contribution in [0.5, 0.6) is 0 Å². The van der Waals surface area contributed by atoms with Gasteiger partial charge in [0.25, 0.3) is 0 Å². The van der Waals surface area contributed by atoms with Crippen LogP contribution in [0.4, 0.5) is 11.4 Å². The van der Waals surface area contributed by atoms with E-state index in [0.29, 0.717) is 24.3 Å². The van der Waals surface area contributed by atoms with Crippen molar-refractivity contribution >= 4 is 11.4 Å². The Hall–Kier alpha value is -3.47. The number of hydrogen-bond donors (Lipinski definition) is 1. The minimum Gasteiger partial charge on any atom is -0.376 e. The maximum Gasteiger partial charge on any atom is 0.313 e. The number of rotatable bonds is 7. The highest BCUT2D eigenvalue weighted by molar-refractivity contribution is 5.65. The number of nitrogens with one attached hydrogen (secondary N) is 1. The second-order valence-electron chi connectivity index (χ2n) is 5.82. The molecule has 0 atom stereocenters. The Balaban J connectivity index is 1.86. The maximum absolute atomic E-state index is 11.5. The summed E-state index contributed by atoms with van der Waals surface area (Å²) in [5.74, 6) is 0. The molecule has 0 aliphatic heterocycles. The third kappa shape index (κ3) is 3.95. The van der Waals surface area contributed by atoms with Crippen molar-refractivity contribution in [3.63, 3.8) is 0 Å². The van der Waals surface area contributed by atoms with Gasteiger partial charge in [0.15, 0.2) is 0 Å². The van der Waals surface area contributed by atoms with Crippen molar-refractivity contribution in [3.8, 4) is 11.1 Å². The van der Waals surface area contributed by atoms with E-state index < -0.39 is 0 Å². The van der Waals surface area contributed by atoms with E-state index in [4.69, 9.17) is 0 Å². The van der Waals surface area contributed by atoms with Crippen LogP contribution in [0.2, 0.25) is 0 Å². The smallest absolute Gasteiger partial charge is 0.313 e. The number of hydrogen-bond acceptors (Lipinski definition) is 4. The molecule has 26 heavy (non-hydrogen) atoms. The lowest BCUT2D eigenvalue weighted by atomic mass is 10.0. The molecule has 0 spiro atoms. The third-order valence-corrected chi connectivity index (χ3v) is 4.05. The summed E-state index contributed by atoms with van der Waals surface area (Å²) in [6.07, 6.45) is 3.65. The average Bonchev–Trinajstić information content (AvgIpc) is 2.67. The SMILES string of the molecule is C=CCNc1ccnc(Cc2ccc(-c3ccccc3)cc2)c1[N+](=O)[O-]. The lowest BCUT2D eigenvalue weighted by molar-refractivity contribution is -0.384. The lowest BCUT2D eigenvalue weighted by Crippen LogP contribution is -2.06. The van der Waals surface area contributed by atoms with E-state index in [9.17, 15) is 10.1 Å². The molecule has 0 aliphatic rings. The maximum atomic E-state index is 11.5. The number of aromatic nitrogens is 1. The molecule has 0 radical (unpaired) electrons. The van der Waals surface area contributed by atoms with E-state index in [-0.39, 0.29) is 10.6 Å². The van der Waals surface area contributed by atoms with Crippen LogP contribution < -0.4 is 5.32 Å². The van der Waals surface area contributed by atoms with Gasteiger partial charge in [0.05, 0.1) is 4.92 Å². The van der Waals surface area contributed by atoms with Crippen molar-refractivity contribution in [2.24, 2.45) is 0 Å². The van der Waals surface area contributed by atoms with Gasteiger partial charge >= 0.3 is 5.69 Å². The van der Waals surface area contributed by atoms with Gasteiger partial charge in [-0.2, -0.15) is 0 Å². The number of nitrogens with zero attached hydrogens (tertiary/aromatic N) is 2. The van der Waals surface area contributed by atoms with Gasteiger partial charge in [0.1, 0.15) is 11.4 Å². The Bertz CT molecular complexity index is 906. The number of anilines is 1. The monoisotopic (exact) mass is 345 g/mol. The van der Waals surface area contributed by atoms with Gasteiger partial charge in [0.2, 0.25) is 0 Å². The van der Waals surface area contributed by atoms with Gasteiger partial charge < -0.3 is 5.32 Å². The number of nitro groups is 1. The number of benzene rings is 2. The van der Waals surface area contributed by atoms with Crippen molar-refractivity contribution in [3.05, 3.63) is 101 Å². The molecule has 1 aromatic heterocycles. The number of pyridine rings is 1. The topological polar surface area (TPSA) is 68.1 Å². The molecule has 0 unspecified atom stereocenters. The molecule has 1 heterocycles. The van der Waals surface area contributed by atoms with Gasteiger partial charge in [-0.1, -0.05) is 60.7 Å². The van der Waals surface area contributed by atoms with Gasteiger partial charge in [-0.25, -0.2) is 0 Å². The fourth-order valence-electron chi connectivity index (χ4n) is 2.79. The minimum absolute atomic E-state index is 0.0153. The Morgan fingerprint density at radius 2 is 1.73 bits per heavy atom. The summed E-state index contributed by atoms with van der Waals surface area (Å²) in [6.45, 7) is 4.08. The Morgan fingerprint density at radius 1 is 1.04 bits per heavy atom. The van der Waals surface area contributed by atoms with E-state index in [1.54, 1.807) is 18.3 Å². The molecule has 5 nitrogen and oxygen atoms in total. The Morgan fingerprint density at radius 3 is 2.38 bits per heavy atom. The van der Waals surface area contributed by atoms with Gasteiger partial charge in [-0.05, 0) is 22.8 Å². The fraction of sp³-hybridized carbons (Fsp3) is 0.0952. The molecule has 0 amide bonds. The van der Waals surface area contributed by atoms with Crippen LogP contribution in [0.15, 0.2) is 79.5 Å². The van der Waals surface area contributed by atoms with Gasteiger partial charge in [-0.15, -0.1) is 6.58 Å². The highest BCUT2D eigenvalue weighted by Gasteiger charge is 2.20. The molecule has 1 N–H and O–H groups in total. The molecule has 0 aliphatic carbocycles. The van der Waals surface area contributed by atoms with Crippen molar-refractivity contribution in [1.82, 2.24) is 4.98 Å². The summed E-state index contributed by atoms with van der Waals surface area (Å²) in [6, 6.07) is 19.7. The quantitative estimate of drug-likeness (QED) is 0.378. The summed E-state index contributed by atoms with van der Waals surface area (Å²) in [5, 5.41) is 14.5. The molecule has 3 rings (SSSR count). The summed E-state index contributed by atoms with van der Waals surface area (Å²) in [5.41, 5.74) is 4.14. The summed E-state index contributed by atoms with van der Waals surface area (Å²) >= 11 is 0. The first-order valence-electron chi connectivity index (χ1n) is 8.30. The highest BCUT2D eigenvalue weighted by Crippen LogP contribution is 2.29. The average molecular weight is 345 g/mol. The molecule has 5 heteroatoms. The van der Waals surface area contributed by atoms with Crippen LogP contribution >= 0.6 is 0 Å². The molecule has 3 aromatic rings. The van der Waals surface area contributed by atoms with E-state index in [1.165, 1.54) is 0 Å². The second kappa shape index (κ2) is 8.07. The first-order chi connectivity index (χ1) is 12.7. The molecule has 130 valence electrons. The fourth-order valence-corrected chi connectivity index (χ4v) is 2.79. The van der Waals surface area contributed by atoms with Crippen LogP contribution in [0.25, 0.3) is 11.1 Å². The van der Waals surface area contributed by atoms with Crippen LogP contribution in [0.1, 0.15) is 11.3 Å². The zero-order valence-corrected chi connectivity index (χ0v) is 14.3. The van der Waals surface area contributed by atoms with E-state index in [0.717, 1.165) is 16.7 Å². The predicted molar refractivity (Wildman–Crippen MR) is 104 cm³/mol. The van der Waals surface area contributed by atoms with Crippen molar-refractivity contribution in [2.45, 2.75) is 6.42 Å². The molecular formula is C21H19N3O2. The van der Waals surface area contributed by atoms with Crippen molar-refractivity contribution < 1.29 is 4.92 Å². The van der Waals surface area contributed by atoms with E-state index in [1.807, 2.05) is 42.5 Å². The molecule has 0 bridgehead atoms. The normalized spacial score (nSPS) is 10.3. The van der Waals surface area contributed by atoms with Crippen LogP contribution in [0.3, 0.4) is 0 Å². The first kappa shape index (κ1) is 17.4. The van der Waals surface area contributed by atoms with Gasteiger partial charge in [0, 0.05) is 19.2 Å². The van der Waals surface area contributed by atoms with Crippen LogP contribution in [0, 0.1) is 10.1 Å². The summed E-state index contributed by atoms with van der Waals surface area (Å²) in [4.78, 5) is 15.4. The Kier molecular flexibility index (Phi) is 5.39. The second-order valence-corrected chi connectivity index (χ2v) is 5.82. The minimum atomic E-state index is -0.383. The van der Waals surface area contributed by atoms with Crippen molar-refractivity contribution in [1.29, 1.82) is 0 Å². The van der Waals surface area contributed by atoms with Crippen LogP contribution in [-0.2, 0) is 6.42 Å². The zero-order valence-electron chi connectivity index (χ0n) is 14.3. The first-order valence-corrected chi connectivity index (χ1v) is 8.30. The van der Waals surface area contributed by atoms with Crippen molar-refractivity contribution in [2.75, 3.05) is 11.9 Å². The third-order valence-electron chi connectivity index (χ3n) is 4.05. The lowest BCUT2D eigenvalue weighted by Gasteiger charge is -2.09. The largest absolute Gasteiger partial charge is 0.376 e. The molecular weight excluding hydrogens is 326 g/mol. The molecule has 0 saturated carbocycles. The summed E-state index contributed by atoms with van der Waals surface area (Å²) < 4.78 is 0. The van der Waals surface area contributed by atoms with E-state index in [2.05, 4.69) is 29.0 Å². The predicted octanol–water partition coefficient (Wildman–Crippen LogP) is 4.85. The molecule has 0 saturated heterocycles. The summed E-state index contributed by atoms with van der Waals surface area (Å²) in [7, 11) is 0. The standard InChI is InChI=1S/C21H19N3O2/c1-2-13-22-19-12-14-23-20(21(19)24(25)26)15-16-8-10-18(11-9-16)17-6-4-3-5-7-17/h2-12,14H,1,13,15H2,(H,22,23). The highest BCUT2D eigenvalue weighted by atomic mass is 16.6. The van der Waals surface area contributed by atoms with Gasteiger partial charge in [-0.3, -0.25) is 15.1 Å².